The van der Waals surface area contributed by atoms with Gasteiger partial charge in [-0.2, -0.15) is 0 Å². The van der Waals surface area contributed by atoms with E-state index in [4.69, 9.17) is 14.2 Å². The van der Waals surface area contributed by atoms with Crippen LogP contribution in [0.2, 0.25) is 0 Å². The molecule has 0 bridgehead atoms. The molecule has 1 aromatic heterocycles. The van der Waals surface area contributed by atoms with E-state index in [9.17, 15) is 9.90 Å². The van der Waals surface area contributed by atoms with Gasteiger partial charge in [0.1, 0.15) is 23.0 Å². The van der Waals surface area contributed by atoms with Gasteiger partial charge in [-0.15, -0.1) is 0 Å². The number of methoxy groups -OCH3 is 1. The van der Waals surface area contributed by atoms with Crippen LogP contribution in [0.25, 0.3) is 10.4 Å². The number of aromatic amines is 1. The summed E-state index contributed by atoms with van der Waals surface area (Å²) in [6.07, 6.45) is 5.95. The number of nitrogens with one attached hydrogen (secondary N) is 1. The molecule has 6 nitrogen and oxygen atoms in total. The Morgan fingerprint density at radius 2 is 1.68 bits per heavy atom. The van der Waals surface area contributed by atoms with E-state index in [1.807, 2.05) is 54.6 Å². The fourth-order valence-electron chi connectivity index (χ4n) is 4.18. The van der Waals surface area contributed by atoms with E-state index in [0.29, 0.717) is 11.5 Å². The van der Waals surface area contributed by atoms with Gasteiger partial charge < -0.3 is 19.3 Å². The molecule has 0 amide bonds. The van der Waals surface area contributed by atoms with Crippen LogP contribution in [0.3, 0.4) is 0 Å². The molecule has 0 atom stereocenters. The average molecular weight is 520 g/mol. The molecule has 0 spiro atoms. The molecular formula is C30H33NO5S. The fourth-order valence-corrected chi connectivity index (χ4v) is 4.90. The minimum atomic E-state index is -0.251. The molecule has 4 rings (SSSR count). The van der Waals surface area contributed by atoms with E-state index >= 15 is 0 Å². The first kappa shape index (κ1) is 26.4. The van der Waals surface area contributed by atoms with Gasteiger partial charge in [-0.05, 0) is 91.3 Å². The molecule has 37 heavy (non-hydrogen) atoms. The fraction of sp³-hybridized carbons (Fsp3) is 0.300. The molecular weight excluding hydrogens is 486 g/mol. The standard InChI is InChI=1S/C30H33NO5S/c1-3-8-22-20-26(36-25-14-12-24(34-2)13-15-25)16-17-27(22)35-18-6-4-5-9-21-10-7-11-23(19-21)28-29(32)31-30(33)37-28/h7,10-17,19-20,32H,3-6,8-9,18H2,1-2H3,(H,31,33). The number of H-pyrrole nitrogens is 1. The number of aryl methyl sites for hydroxylation is 2. The normalized spacial score (nSPS) is 10.9. The number of aromatic nitrogens is 1. The van der Waals surface area contributed by atoms with Crippen molar-refractivity contribution in [3.05, 3.63) is 87.5 Å². The van der Waals surface area contributed by atoms with Gasteiger partial charge >= 0.3 is 4.87 Å². The van der Waals surface area contributed by atoms with E-state index in [0.717, 1.165) is 84.0 Å². The molecule has 0 unspecified atom stereocenters. The SMILES string of the molecule is CCCc1cc(Oc2ccc(OC)cc2)ccc1OCCCCCc1cccc(-c2sc(=O)[nH]c2O)c1. The Hall–Kier alpha value is -3.71. The Bertz CT molecular complexity index is 1340. The van der Waals surface area contributed by atoms with Crippen LogP contribution in [0.15, 0.2) is 71.5 Å². The third-order valence-electron chi connectivity index (χ3n) is 6.03. The van der Waals surface area contributed by atoms with Gasteiger partial charge in [0.15, 0.2) is 0 Å². The molecule has 0 aliphatic heterocycles. The van der Waals surface area contributed by atoms with Gasteiger partial charge in [-0.3, -0.25) is 9.78 Å². The maximum Gasteiger partial charge on any atom is 0.307 e. The Morgan fingerprint density at radius 3 is 2.41 bits per heavy atom. The lowest BCUT2D eigenvalue weighted by Crippen LogP contribution is -2.01. The largest absolute Gasteiger partial charge is 0.497 e. The number of aromatic hydroxyl groups is 1. The second-order valence-electron chi connectivity index (χ2n) is 8.85. The molecule has 194 valence electrons. The number of rotatable bonds is 13. The molecule has 4 aromatic rings. The Morgan fingerprint density at radius 1 is 0.892 bits per heavy atom. The molecule has 0 radical (unpaired) electrons. The van der Waals surface area contributed by atoms with E-state index in [1.165, 1.54) is 5.56 Å². The van der Waals surface area contributed by atoms with Crippen molar-refractivity contribution in [3.63, 3.8) is 0 Å². The Kier molecular flexibility index (Phi) is 9.27. The van der Waals surface area contributed by atoms with Crippen molar-refractivity contribution < 1.29 is 19.3 Å². The molecule has 0 saturated heterocycles. The van der Waals surface area contributed by atoms with E-state index in [1.54, 1.807) is 7.11 Å². The highest BCUT2D eigenvalue weighted by Crippen LogP contribution is 2.31. The van der Waals surface area contributed by atoms with Crippen LogP contribution in [0.1, 0.15) is 43.7 Å². The maximum atomic E-state index is 11.5. The number of hydrogen-bond acceptors (Lipinski definition) is 6. The van der Waals surface area contributed by atoms with Crippen molar-refractivity contribution >= 4 is 11.3 Å². The summed E-state index contributed by atoms with van der Waals surface area (Å²) in [4.78, 5) is 14.3. The zero-order valence-corrected chi connectivity index (χ0v) is 22.1. The van der Waals surface area contributed by atoms with Crippen molar-refractivity contribution in [3.8, 4) is 39.3 Å². The summed E-state index contributed by atoms with van der Waals surface area (Å²) in [6, 6.07) is 21.6. The highest BCUT2D eigenvalue weighted by molar-refractivity contribution is 7.13. The zero-order valence-electron chi connectivity index (χ0n) is 21.3. The smallest absolute Gasteiger partial charge is 0.307 e. The van der Waals surface area contributed by atoms with E-state index in [-0.39, 0.29) is 10.8 Å². The molecule has 0 fully saturated rings. The first-order chi connectivity index (χ1) is 18.1. The summed E-state index contributed by atoms with van der Waals surface area (Å²) in [5.74, 6) is 3.22. The topological polar surface area (TPSA) is 80.8 Å². The van der Waals surface area contributed by atoms with Crippen LogP contribution in [0, 0.1) is 0 Å². The van der Waals surface area contributed by atoms with Crippen LogP contribution in [0.4, 0.5) is 0 Å². The van der Waals surface area contributed by atoms with E-state index < -0.39 is 0 Å². The number of unbranched alkanes of at least 4 members (excludes halogenated alkanes) is 2. The Labute approximate surface area is 221 Å². The van der Waals surface area contributed by atoms with Gasteiger partial charge in [0.05, 0.1) is 18.6 Å². The van der Waals surface area contributed by atoms with Gasteiger partial charge in [-0.25, -0.2) is 0 Å². The molecule has 0 aliphatic rings. The average Bonchev–Trinajstić information content (AvgIpc) is 3.25. The second kappa shape index (κ2) is 13.0. The summed E-state index contributed by atoms with van der Waals surface area (Å²) in [5.41, 5.74) is 3.21. The summed E-state index contributed by atoms with van der Waals surface area (Å²) in [6.45, 7) is 2.83. The Balaban J connectivity index is 1.25. The lowest BCUT2D eigenvalue weighted by atomic mass is 10.0. The molecule has 7 heteroatoms. The highest BCUT2D eigenvalue weighted by atomic mass is 32.1. The number of benzene rings is 3. The van der Waals surface area contributed by atoms with Crippen LogP contribution in [-0.2, 0) is 12.8 Å². The van der Waals surface area contributed by atoms with Crippen molar-refractivity contribution in [1.29, 1.82) is 0 Å². The second-order valence-corrected chi connectivity index (χ2v) is 9.83. The van der Waals surface area contributed by atoms with Crippen molar-refractivity contribution in [2.75, 3.05) is 13.7 Å². The minimum absolute atomic E-state index is 0.0629. The minimum Gasteiger partial charge on any atom is -0.497 e. The molecule has 2 N–H and O–H groups in total. The summed E-state index contributed by atoms with van der Waals surface area (Å²) in [5, 5.41) is 9.92. The van der Waals surface area contributed by atoms with Gasteiger partial charge in [-0.1, -0.05) is 48.9 Å². The maximum absolute atomic E-state index is 11.5. The molecule has 1 heterocycles. The molecule has 0 saturated carbocycles. The van der Waals surface area contributed by atoms with Crippen molar-refractivity contribution in [1.82, 2.24) is 4.98 Å². The van der Waals surface area contributed by atoms with E-state index in [2.05, 4.69) is 24.0 Å². The summed E-state index contributed by atoms with van der Waals surface area (Å²) in [7, 11) is 1.65. The van der Waals surface area contributed by atoms with Crippen LogP contribution in [0.5, 0.6) is 28.9 Å². The summed E-state index contributed by atoms with van der Waals surface area (Å²) < 4.78 is 17.4. The monoisotopic (exact) mass is 519 g/mol. The van der Waals surface area contributed by atoms with Crippen LogP contribution < -0.4 is 19.1 Å². The number of thiazole rings is 1. The third kappa shape index (κ3) is 7.40. The molecule has 3 aromatic carbocycles. The van der Waals surface area contributed by atoms with Crippen LogP contribution >= 0.6 is 11.3 Å². The summed E-state index contributed by atoms with van der Waals surface area (Å²) >= 11 is 1.03. The number of ether oxygens (including phenoxy) is 3. The van der Waals surface area contributed by atoms with Gasteiger partial charge in [0.25, 0.3) is 0 Å². The lowest BCUT2D eigenvalue weighted by Gasteiger charge is -2.14. The van der Waals surface area contributed by atoms with Gasteiger partial charge in [0.2, 0.25) is 5.88 Å². The lowest BCUT2D eigenvalue weighted by molar-refractivity contribution is 0.301. The van der Waals surface area contributed by atoms with Gasteiger partial charge in [0, 0.05) is 0 Å². The molecule has 0 aliphatic carbocycles. The predicted octanol–water partition coefficient (Wildman–Crippen LogP) is 7.35. The van der Waals surface area contributed by atoms with Crippen LogP contribution in [-0.4, -0.2) is 23.8 Å². The first-order valence-electron chi connectivity index (χ1n) is 12.6. The zero-order chi connectivity index (χ0) is 26.0. The first-order valence-corrected chi connectivity index (χ1v) is 13.5. The quantitative estimate of drug-likeness (QED) is 0.180. The van der Waals surface area contributed by atoms with Crippen molar-refractivity contribution in [2.24, 2.45) is 0 Å². The van der Waals surface area contributed by atoms with Crippen molar-refractivity contribution in [2.45, 2.75) is 45.4 Å². The predicted molar refractivity (Wildman–Crippen MR) is 149 cm³/mol. The number of hydrogen-bond donors (Lipinski definition) is 2. The highest BCUT2D eigenvalue weighted by Gasteiger charge is 2.10. The third-order valence-corrected chi connectivity index (χ3v) is 6.95.